The second-order valence-electron chi connectivity index (χ2n) is 30.8. The maximum absolute atomic E-state index is 2.26. The molecule has 0 saturated carbocycles. The number of fused-ring (bicyclic) bond motifs is 7. The zero-order valence-electron chi connectivity index (χ0n) is 69.0. The van der Waals surface area contributed by atoms with Crippen LogP contribution in [0.3, 0.4) is 0 Å². The van der Waals surface area contributed by atoms with Crippen molar-refractivity contribution < 1.29 is 0 Å². The highest BCUT2D eigenvalue weighted by atomic mass is 14.1. The molecule has 574 valence electrons. The van der Waals surface area contributed by atoms with Crippen LogP contribution in [0.2, 0.25) is 0 Å². The Kier molecular flexibility index (Phi) is 25.9. The van der Waals surface area contributed by atoms with E-state index in [1.165, 1.54) is 192 Å². The zero-order valence-corrected chi connectivity index (χ0v) is 69.0. The van der Waals surface area contributed by atoms with Gasteiger partial charge < -0.3 is 0 Å². The van der Waals surface area contributed by atoms with E-state index in [1.54, 1.807) is 0 Å². The molecule has 0 fully saturated rings. The van der Waals surface area contributed by atoms with Gasteiger partial charge in [-0.3, -0.25) is 0 Å². The first kappa shape index (κ1) is 79.7. The van der Waals surface area contributed by atoms with Crippen molar-refractivity contribution in [3.63, 3.8) is 0 Å². The average molecular weight is 1530 g/mol. The molecule has 0 atom stereocenters. The third kappa shape index (κ3) is 20.4. The normalized spacial score (nSPS) is 10.6. The molecule has 0 spiro atoms. The molecular weight excluding hydrogens is 1430 g/mol. The molecule has 0 aliphatic carbocycles. The molecule has 0 aliphatic rings. The van der Waals surface area contributed by atoms with Crippen molar-refractivity contribution in [1.82, 2.24) is 0 Å². The second kappa shape index (κ2) is 38.7. The third-order valence-corrected chi connectivity index (χ3v) is 22.0. The van der Waals surface area contributed by atoms with Gasteiger partial charge in [-0.25, -0.2) is 0 Å². The lowest BCUT2D eigenvalue weighted by atomic mass is 9.96. The number of hydrogen-bond donors (Lipinski definition) is 0. The van der Waals surface area contributed by atoms with Crippen molar-refractivity contribution in [3.05, 3.63) is 506 Å². The van der Waals surface area contributed by atoms with E-state index in [9.17, 15) is 0 Å². The molecule has 0 nitrogen and oxygen atoms in total. The Morgan fingerprint density at radius 1 is 0.109 bits per heavy atom. The number of rotatable bonds is 7. The third-order valence-electron chi connectivity index (χ3n) is 22.0. The van der Waals surface area contributed by atoms with Crippen LogP contribution in [0.5, 0.6) is 0 Å². The summed E-state index contributed by atoms with van der Waals surface area (Å²) in [6.45, 7) is 15.0. The molecule has 0 N–H and O–H groups in total. The molecule has 0 heterocycles. The van der Waals surface area contributed by atoms with E-state index in [4.69, 9.17) is 0 Å². The van der Waals surface area contributed by atoms with Gasteiger partial charge in [0.25, 0.3) is 0 Å². The van der Waals surface area contributed by atoms with E-state index in [0.29, 0.717) is 0 Å². The van der Waals surface area contributed by atoms with Crippen molar-refractivity contribution in [1.29, 1.82) is 0 Å². The van der Waals surface area contributed by atoms with Crippen LogP contribution < -0.4 is 0 Å². The van der Waals surface area contributed by atoms with Crippen molar-refractivity contribution in [2.75, 3.05) is 0 Å². The lowest BCUT2D eigenvalue weighted by molar-refractivity contribution is 1.46. The smallest absolute Gasteiger partial charge is 0.0103 e. The summed E-state index contributed by atoms with van der Waals surface area (Å²) in [5.74, 6) is 0. The molecule has 0 amide bonds. The Hall–Kier alpha value is -14.6. The van der Waals surface area contributed by atoms with E-state index >= 15 is 0 Å². The van der Waals surface area contributed by atoms with Crippen molar-refractivity contribution in [3.8, 4) is 77.9 Å². The molecule has 0 heteroatoms. The Morgan fingerprint density at radius 3 is 0.975 bits per heavy atom. The molecular formula is C119H98. The van der Waals surface area contributed by atoms with Gasteiger partial charge in [0, 0.05) is 0 Å². The van der Waals surface area contributed by atoms with Gasteiger partial charge in [-0.15, -0.1) is 0 Å². The highest BCUT2D eigenvalue weighted by Gasteiger charge is 2.10. The maximum Gasteiger partial charge on any atom is -0.0103 e. The largest absolute Gasteiger partial charge is 0.0622 e. The topological polar surface area (TPSA) is 0 Å². The summed E-state index contributed by atoms with van der Waals surface area (Å²) in [5, 5.41) is 18.3. The summed E-state index contributed by atoms with van der Waals surface area (Å²) >= 11 is 0. The Labute approximate surface area is 703 Å². The summed E-state index contributed by atoms with van der Waals surface area (Å²) in [6.07, 6.45) is 0. The van der Waals surface area contributed by atoms with E-state index in [0.717, 1.165) is 0 Å². The van der Waals surface area contributed by atoms with Crippen LogP contribution in [0.4, 0.5) is 0 Å². The Balaban J connectivity index is 0.000000108. The molecule has 21 rings (SSSR count). The van der Waals surface area contributed by atoms with Gasteiger partial charge in [0.05, 0.1) is 0 Å². The van der Waals surface area contributed by atoms with Crippen LogP contribution in [-0.4, -0.2) is 0 Å². The van der Waals surface area contributed by atoms with E-state index < -0.39 is 0 Å². The summed E-state index contributed by atoms with van der Waals surface area (Å²) in [4.78, 5) is 0. The number of hydrogen-bond acceptors (Lipinski definition) is 0. The van der Waals surface area contributed by atoms with Crippen molar-refractivity contribution >= 4 is 75.4 Å². The highest BCUT2D eigenvalue weighted by Crippen LogP contribution is 2.35. The van der Waals surface area contributed by atoms with E-state index in [1.807, 2.05) is 6.07 Å². The molecule has 0 saturated heterocycles. The first-order valence-corrected chi connectivity index (χ1v) is 41.2. The number of benzene rings is 21. The van der Waals surface area contributed by atoms with Crippen molar-refractivity contribution in [2.24, 2.45) is 0 Å². The first-order valence-electron chi connectivity index (χ1n) is 41.2. The minimum atomic E-state index is 1.27. The quantitative estimate of drug-likeness (QED) is 0.149. The number of aryl methyl sites for hydroxylation is 7. The van der Waals surface area contributed by atoms with Crippen LogP contribution in [0.25, 0.3) is 153 Å². The van der Waals surface area contributed by atoms with Crippen LogP contribution >= 0.6 is 0 Å². The average Bonchev–Trinajstić information content (AvgIpc) is 0.807. The van der Waals surface area contributed by atoms with Gasteiger partial charge in [0.2, 0.25) is 0 Å². The molecule has 21 aromatic rings. The fraction of sp³-hybridized carbons (Fsp3) is 0.0588. The molecule has 0 unspecified atom stereocenters. The first-order chi connectivity index (χ1) is 58.4. The summed E-state index contributed by atoms with van der Waals surface area (Å²) in [6, 6.07) is 166. The maximum atomic E-state index is 2.26. The monoisotopic (exact) mass is 1530 g/mol. The molecule has 119 heavy (non-hydrogen) atoms. The fourth-order valence-electron chi connectivity index (χ4n) is 15.6. The van der Waals surface area contributed by atoms with Crippen LogP contribution in [0.1, 0.15) is 38.9 Å². The molecule has 0 radical (unpaired) electrons. The summed E-state index contributed by atoms with van der Waals surface area (Å²) < 4.78 is 0. The summed E-state index contributed by atoms with van der Waals surface area (Å²) in [7, 11) is 0. The second-order valence-corrected chi connectivity index (χ2v) is 30.8. The molecule has 0 bridgehead atoms. The predicted molar refractivity (Wildman–Crippen MR) is 519 cm³/mol. The zero-order chi connectivity index (χ0) is 81.7. The van der Waals surface area contributed by atoms with Gasteiger partial charge in [0.15, 0.2) is 0 Å². The fourth-order valence-corrected chi connectivity index (χ4v) is 15.6. The van der Waals surface area contributed by atoms with Gasteiger partial charge in [-0.2, -0.15) is 0 Å². The minimum Gasteiger partial charge on any atom is -0.0622 e. The minimum absolute atomic E-state index is 1.27. The highest BCUT2D eigenvalue weighted by molar-refractivity contribution is 6.01. The predicted octanol–water partition coefficient (Wildman–Crippen LogP) is 33.7. The van der Waals surface area contributed by atoms with Crippen molar-refractivity contribution in [2.45, 2.75) is 48.5 Å². The SMILES string of the molecule is Cc1cc(-c2ccccc2)c2ccccc2c1.Cc1ccc(-c2ccc3ccccc3c2)cc1.Cc1ccc(-c2ccccc2)c2ccccc12.Cc1ccc2c(-c3ccccc3)cccc2c1.Cc1ccc2cc(-c3ccccc3)ccc2c1.Cc1cccc(-c2ccc3ccccc3c2)c1.Cc1ccccc1-c1ccc2ccccc2c1. The van der Waals surface area contributed by atoms with Crippen LogP contribution in [0, 0.1) is 48.5 Å². The standard InChI is InChI=1S/7C17H14/c1-13-6-2-5-9-17(13)16-11-10-14-7-3-4-8-15(14)12-16;1-13-5-4-8-15(11-13)17-10-9-14-6-2-3-7-16(14)12-17;1-13-11-15-9-5-6-10-16(15)17(12-13)14-7-3-2-4-8-14;1-13-11-12-16(14-7-3-2-4-8-14)17-10-6-5-9-15(13)17;1-13-10-11-17-15(12-13)8-5-9-16(17)14-6-3-2-4-7-14;1-13-6-8-15(9-7-13)17-11-10-14-4-2-3-5-16(14)12-17;1-13-7-8-17-12-16(10-9-15(17)11-13)14-5-3-2-4-6-14/h7*2-12H,1H3. The molecule has 0 aliphatic heterocycles. The van der Waals surface area contributed by atoms with Gasteiger partial charge in [0.1, 0.15) is 0 Å². The van der Waals surface area contributed by atoms with Crippen LogP contribution in [0.15, 0.2) is 467 Å². The van der Waals surface area contributed by atoms with Crippen LogP contribution in [-0.2, 0) is 0 Å². The van der Waals surface area contributed by atoms with E-state index in [2.05, 4.69) is 510 Å². The van der Waals surface area contributed by atoms with E-state index in [-0.39, 0.29) is 0 Å². The summed E-state index contributed by atoms with van der Waals surface area (Å²) in [5.41, 5.74) is 27.3. The van der Waals surface area contributed by atoms with Gasteiger partial charge >= 0.3 is 0 Å². The molecule has 21 aromatic carbocycles. The Bertz CT molecular complexity index is 6940. The lowest BCUT2D eigenvalue weighted by Crippen LogP contribution is -1.83. The van der Waals surface area contributed by atoms with Gasteiger partial charge in [-0.1, -0.05) is 465 Å². The molecule has 0 aromatic heterocycles. The van der Waals surface area contributed by atoms with Gasteiger partial charge in [-0.05, 0) is 243 Å². The Morgan fingerprint density at radius 2 is 0.420 bits per heavy atom. The lowest BCUT2D eigenvalue weighted by Gasteiger charge is -2.09.